The number of aliphatic hydroxyl groups excluding tert-OH is 1. The van der Waals surface area contributed by atoms with Gasteiger partial charge in [0.25, 0.3) is 0 Å². The van der Waals surface area contributed by atoms with Gasteiger partial charge in [0, 0.05) is 12.3 Å². The largest absolute Gasteiger partial charge is 0.492 e. The maximum absolute atomic E-state index is 14.4. The van der Waals surface area contributed by atoms with Crippen LogP contribution in [-0.2, 0) is 11.2 Å². The van der Waals surface area contributed by atoms with Crippen molar-refractivity contribution >= 4 is 5.78 Å². The Kier molecular flexibility index (Phi) is 6.19. The number of hydrogen-bond donors (Lipinski definition) is 1. The summed E-state index contributed by atoms with van der Waals surface area (Å²) in [5.41, 5.74) is 4.23. The van der Waals surface area contributed by atoms with E-state index in [1.165, 1.54) is 24.0 Å². The Bertz CT molecular complexity index is 1250. The molecule has 3 saturated carbocycles. The first-order valence-corrected chi connectivity index (χ1v) is 15.8. The second kappa shape index (κ2) is 9.22. The van der Waals surface area contributed by atoms with Crippen LogP contribution in [0.15, 0.2) is 17.7 Å². The van der Waals surface area contributed by atoms with Crippen LogP contribution in [0, 0.1) is 34.5 Å². The summed E-state index contributed by atoms with van der Waals surface area (Å²) in [4.78, 5) is 14.4. The summed E-state index contributed by atoms with van der Waals surface area (Å²) in [5.74, 6) is 4.79. The number of methoxy groups -OCH3 is 1. The SMILES string of the molecule is COc1c2c(cc3c1[C@H](CC(=O)[C@@H]1CC[C@@H]4[C@@H]5CC=C6C[C@@H](O)CC[C@]6(C)[C@@H]5CC[C@@]41C)[N+](C)(C)CC3)OCO2. The van der Waals surface area contributed by atoms with Gasteiger partial charge in [-0.3, -0.25) is 4.79 Å². The molecule has 8 atom stereocenters. The lowest BCUT2D eigenvalue weighted by Gasteiger charge is -2.58. The molecule has 7 rings (SSSR count). The molecule has 2 heterocycles. The number of aliphatic hydroxyl groups is 1. The van der Waals surface area contributed by atoms with Crippen molar-refractivity contribution in [2.75, 3.05) is 34.5 Å². The molecule has 1 aromatic carbocycles. The minimum Gasteiger partial charge on any atom is -0.492 e. The first-order valence-electron chi connectivity index (χ1n) is 15.8. The number of fused-ring (bicyclic) bond motifs is 7. The van der Waals surface area contributed by atoms with Crippen LogP contribution in [0.3, 0.4) is 0 Å². The van der Waals surface area contributed by atoms with Gasteiger partial charge in [0.2, 0.25) is 12.5 Å². The fourth-order valence-electron chi connectivity index (χ4n) is 10.6. The molecular weight excluding hydrogens is 502 g/mol. The van der Waals surface area contributed by atoms with Gasteiger partial charge in [-0.2, -0.15) is 0 Å². The third-order valence-corrected chi connectivity index (χ3v) is 12.9. The lowest BCUT2D eigenvalue weighted by atomic mass is 9.47. The standard InChI is InChI=1S/C34H48NO5/c1-33-13-10-22(36)17-21(33)6-7-23-24-8-9-26(34(24,2)14-11-25(23)33)28(37)18-27-30-20(12-15-35(27,3)4)16-29-31(32(30)38-5)40-19-39-29/h6,16,22-27,36H,7-15,17-19H2,1-5H3/q+1/t22-,23-,24+,25+,26-,27-,33-,34-/m0/s1. The summed E-state index contributed by atoms with van der Waals surface area (Å²) in [6.07, 6.45) is 12.5. The third-order valence-electron chi connectivity index (χ3n) is 12.9. The first kappa shape index (κ1) is 26.8. The van der Waals surface area contributed by atoms with Crippen LogP contribution in [0.5, 0.6) is 17.2 Å². The van der Waals surface area contributed by atoms with Crippen molar-refractivity contribution in [3.8, 4) is 17.2 Å². The molecule has 6 heteroatoms. The van der Waals surface area contributed by atoms with Gasteiger partial charge in [0.15, 0.2) is 11.5 Å². The molecular formula is C34H48NO5+. The van der Waals surface area contributed by atoms with Crippen molar-refractivity contribution < 1.29 is 28.6 Å². The van der Waals surface area contributed by atoms with Gasteiger partial charge in [0.05, 0.1) is 45.8 Å². The predicted molar refractivity (Wildman–Crippen MR) is 153 cm³/mol. The molecule has 40 heavy (non-hydrogen) atoms. The molecule has 0 unspecified atom stereocenters. The molecule has 1 aromatic rings. The summed E-state index contributed by atoms with van der Waals surface area (Å²) in [5, 5.41) is 10.4. The third kappa shape index (κ3) is 3.77. The van der Waals surface area contributed by atoms with E-state index in [0.29, 0.717) is 35.7 Å². The van der Waals surface area contributed by atoms with Crippen LogP contribution < -0.4 is 14.2 Å². The maximum atomic E-state index is 14.4. The molecule has 218 valence electrons. The van der Waals surface area contributed by atoms with Gasteiger partial charge in [-0.05, 0) is 91.6 Å². The fourth-order valence-corrected chi connectivity index (χ4v) is 10.6. The molecule has 2 aliphatic heterocycles. The summed E-state index contributed by atoms with van der Waals surface area (Å²) >= 11 is 0. The topological polar surface area (TPSA) is 65.0 Å². The monoisotopic (exact) mass is 550 g/mol. The number of ether oxygens (including phenoxy) is 3. The van der Waals surface area contributed by atoms with Gasteiger partial charge in [-0.15, -0.1) is 0 Å². The van der Waals surface area contributed by atoms with Crippen LogP contribution in [-0.4, -0.2) is 56.0 Å². The van der Waals surface area contributed by atoms with Gasteiger partial charge < -0.3 is 23.8 Å². The van der Waals surface area contributed by atoms with Crippen molar-refractivity contribution in [3.63, 3.8) is 0 Å². The van der Waals surface area contributed by atoms with Crippen molar-refractivity contribution in [1.29, 1.82) is 0 Å². The Labute approximate surface area is 239 Å². The van der Waals surface area contributed by atoms with Crippen LogP contribution in [0.4, 0.5) is 0 Å². The first-order chi connectivity index (χ1) is 19.1. The number of carbonyl (C=O) groups is 1. The number of likely N-dealkylation sites (N-methyl/N-ethyl adjacent to an activating group) is 1. The Morgan fingerprint density at radius 1 is 1.12 bits per heavy atom. The van der Waals surface area contributed by atoms with Gasteiger partial charge in [-0.25, -0.2) is 0 Å². The van der Waals surface area contributed by atoms with E-state index in [1.807, 2.05) is 0 Å². The molecule has 3 fully saturated rings. The second-order valence-electron chi connectivity index (χ2n) is 15.0. The summed E-state index contributed by atoms with van der Waals surface area (Å²) in [6, 6.07) is 2.17. The molecule has 4 aliphatic carbocycles. The summed E-state index contributed by atoms with van der Waals surface area (Å²) in [7, 11) is 6.25. The second-order valence-corrected chi connectivity index (χ2v) is 15.0. The minimum atomic E-state index is -0.162. The van der Waals surface area contributed by atoms with Crippen LogP contribution >= 0.6 is 0 Å². The van der Waals surface area contributed by atoms with Crippen LogP contribution in [0.25, 0.3) is 0 Å². The minimum absolute atomic E-state index is 0.0486. The number of allylic oxidation sites excluding steroid dienone is 1. The van der Waals surface area contributed by atoms with Gasteiger partial charge in [-0.1, -0.05) is 25.5 Å². The van der Waals surface area contributed by atoms with E-state index >= 15 is 0 Å². The molecule has 6 aliphatic rings. The lowest BCUT2D eigenvalue weighted by Crippen LogP contribution is -2.52. The summed E-state index contributed by atoms with van der Waals surface area (Å²) < 4.78 is 18.3. The zero-order valence-electron chi connectivity index (χ0n) is 25.1. The highest BCUT2D eigenvalue weighted by Gasteiger charge is 2.60. The lowest BCUT2D eigenvalue weighted by molar-refractivity contribution is -0.922. The maximum Gasteiger partial charge on any atom is 0.231 e. The average Bonchev–Trinajstić information content (AvgIpc) is 3.53. The quantitative estimate of drug-likeness (QED) is 0.368. The van der Waals surface area contributed by atoms with Gasteiger partial charge in [0.1, 0.15) is 11.8 Å². The normalized spacial score (nSPS) is 40.8. The number of ketones is 1. The zero-order valence-corrected chi connectivity index (χ0v) is 25.1. The molecule has 0 aromatic heterocycles. The molecule has 0 amide bonds. The summed E-state index contributed by atoms with van der Waals surface area (Å²) in [6.45, 7) is 6.16. The number of Topliss-reactive ketones (excluding diaryl/α,β-unsaturated/α-hetero) is 1. The highest BCUT2D eigenvalue weighted by Crippen LogP contribution is 2.66. The van der Waals surface area contributed by atoms with Crippen molar-refractivity contribution in [3.05, 3.63) is 28.8 Å². The molecule has 0 saturated heterocycles. The fraction of sp³-hybridized carbons (Fsp3) is 0.735. The zero-order chi connectivity index (χ0) is 28.0. The molecule has 6 nitrogen and oxygen atoms in total. The van der Waals surface area contributed by atoms with E-state index in [9.17, 15) is 9.90 Å². The number of nitrogens with zero attached hydrogens (tertiary/aromatic N) is 1. The van der Waals surface area contributed by atoms with E-state index in [0.717, 1.165) is 73.0 Å². The Morgan fingerprint density at radius 3 is 2.75 bits per heavy atom. The number of benzene rings is 1. The van der Waals surface area contributed by atoms with Crippen LogP contribution in [0.1, 0.15) is 88.8 Å². The van der Waals surface area contributed by atoms with E-state index in [1.54, 1.807) is 7.11 Å². The van der Waals surface area contributed by atoms with E-state index in [4.69, 9.17) is 14.2 Å². The smallest absolute Gasteiger partial charge is 0.231 e. The van der Waals surface area contributed by atoms with Crippen molar-refractivity contribution in [1.82, 2.24) is 0 Å². The average molecular weight is 551 g/mol. The van der Waals surface area contributed by atoms with Crippen molar-refractivity contribution in [2.45, 2.75) is 90.2 Å². The number of quaternary nitrogens is 1. The molecule has 0 spiro atoms. The Morgan fingerprint density at radius 2 is 1.95 bits per heavy atom. The predicted octanol–water partition coefficient (Wildman–Crippen LogP) is 6.00. The van der Waals surface area contributed by atoms with Gasteiger partial charge >= 0.3 is 0 Å². The highest BCUT2D eigenvalue weighted by atomic mass is 16.7. The van der Waals surface area contributed by atoms with E-state index in [2.05, 4.69) is 40.1 Å². The number of hydrogen-bond acceptors (Lipinski definition) is 5. The highest BCUT2D eigenvalue weighted by molar-refractivity contribution is 5.83. The van der Waals surface area contributed by atoms with E-state index < -0.39 is 0 Å². The van der Waals surface area contributed by atoms with E-state index in [-0.39, 0.29) is 35.7 Å². The number of carbonyl (C=O) groups excluding carboxylic acids is 1. The molecule has 0 radical (unpaired) electrons. The number of rotatable bonds is 4. The van der Waals surface area contributed by atoms with Crippen LogP contribution in [0.2, 0.25) is 0 Å². The Balaban J connectivity index is 1.16. The Hall–Kier alpha value is -2.05. The van der Waals surface area contributed by atoms with Crippen molar-refractivity contribution in [2.24, 2.45) is 34.5 Å². The molecule has 0 bridgehead atoms. The molecule has 1 N–H and O–H groups in total.